The van der Waals surface area contributed by atoms with Gasteiger partial charge in [-0.15, -0.1) is 0 Å². The lowest BCUT2D eigenvalue weighted by atomic mass is 10.1. The molecular formula is C21H24O4. The minimum atomic E-state index is -0.493. The average molecular weight is 340 g/mol. The summed E-state index contributed by atoms with van der Waals surface area (Å²) >= 11 is 0. The van der Waals surface area contributed by atoms with Gasteiger partial charge in [-0.3, -0.25) is 0 Å². The molecule has 25 heavy (non-hydrogen) atoms. The van der Waals surface area contributed by atoms with Gasteiger partial charge in [0.1, 0.15) is 12.4 Å². The van der Waals surface area contributed by atoms with Crippen molar-refractivity contribution in [3.63, 3.8) is 0 Å². The van der Waals surface area contributed by atoms with E-state index in [0.29, 0.717) is 12.2 Å². The third kappa shape index (κ3) is 5.76. The third-order valence-electron chi connectivity index (χ3n) is 3.53. The summed E-state index contributed by atoms with van der Waals surface area (Å²) in [6, 6.07) is 17.8. The van der Waals surface area contributed by atoms with Crippen molar-refractivity contribution >= 4 is 5.97 Å². The fourth-order valence-electron chi connectivity index (χ4n) is 2.25. The van der Waals surface area contributed by atoms with E-state index in [2.05, 4.69) is 6.58 Å². The molecule has 0 bridgehead atoms. The molecule has 1 atom stereocenters. The lowest BCUT2D eigenvalue weighted by Crippen LogP contribution is -2.30. The van der Waals surface area contributed by atoms with Crippen LogP contribution in [0, 0.1) is 0 Å². The van der Waals surface area contributed by atoms with Crippen LogP contribution in [0.3, 0.4) is 0 Å². The fraction of sp³-hybridized carbons (Fsp3) is 0.286. The van der Waals surface area contributed by atoms with Crippen LogP contribution < -0.4 is 4.74 Å². The van der Waals surface area contributed by atoms with E-state index >= 15 is 0 Å². The molecule has 132 valence electrons. The molecule has 0 saturated heterocycles. The van der Waals surface area contributed by atoms with Crippen LogP contribution >= 0.6 is 0 Å². The molecule has 0 aliphatic heterocycles. The van der Waals surface area contributed by atoms with Crippen molar-refractivity contribution in [2.75, 3.05) is 19.8 Å². The molecule has 0 saturated carbocycles. The molecule has 4 nitrogen and oxygen atoms in total. The number of carbonyl (C=O) groups is 1. The standard InChI is InChI=1S/C21H24O4/c1-4-23-14-18(25-21(22)16(2)3)15-24-20-13-9-8-12-19(20)17-10-6-5-7-11-17/h5-13,18H,2,4,14-15H2,1,3H3. The molecule has 4 heteroatoms. The van der Waals surface area contributed by atoms with Crippen LogP contribution in [0.25, 0.3) is 11.1 Å². The van der Waals surface area contributed by atoms with Gasteiger partial charge in [0.2, 0.25) is 0 Å². The monoisotopic (exact) mass is 340 g/mol. The van der Waals surface area contributed by atoms with E-state index in [-0.39, 0.29) is 13.2 Å². The van der Waals surface area contributed by atoms with Gasteiger partial charge in [-0.2, -0.15) is 0 Å². The lowest BCUT2D eigenvalue weighted by molar-refractivity contribution is -0.149. The van der Waals surface area contributed by atoms with E-state index in [1.54, 1.807) is 6.92 Å². The zero-order valence-corrected chi connectivity index (χ0v) is 14.7. The molecule has 0 fully saturated rings. The molecule has 0 aromatic heterocycles. The highest BCUT2D eigenvalue weighted by atomic mass is 16.6. The number of carbonyl (C=O) groups excluding carboxylic acids is 1. The second-order valence-electron chi connectivity index (χ2n) is 5.64. The van der Waals surface area contributed by atoms with Crippen molar-refractivity contribution in [3.8, 4) is 16.9 Å². The molecule has 0 spiro atoms. The van der Waals surface area contributed by atoms with E-state index in [0.717, 1.165) is 16.9 Å². The molecule has 2 aromatic rings. The van der Waals surface area contributed by atoms with Gasteiger partial charge in [-0.1, -0.05) is 55.1 Å². The molecule has 0 amide bonds. The molecule has 0 radical (unpaired) electrons. The maximum absolute atomic E-state index is 11.8. The van der Waals surface area contributed by atoms with E-state index in [1.807, 2.05) is 61.5 Å². The normalized spacial score (nSPS) is 11.6. The fourth-order valence-corrected chi connectivity index (χ4v) is 2.25. The predicted molar refractivity (Wildman–Crippen MR) is 98.6 cm³/mol. The summed E-state index contributed by atoms with van der Waals surface area (Å²) in [7, 11) is 0. The van der Waals surface area contributed by atoms with Crippen molar-refractivity contribution in [1.29, 1.82) is 0 Å². The first kappa shape index (κ1) is 18.7. The number of hydrogen-bond donors (Lipinski definition) is 0. The Labute approximate surface area is 149 Å². The number of rotatable bonds is 9. The zero-order chi connectivity index (χ0) is 18.1. The number of hydrogen-bond acceptors (Lipinski definition) is 4. The topological polar surface area (TPSA) is 44.8 Å². The summed E-state index contributed by atoms with van der Waals surface area (Å²) in [4.78, 5) is 11.8. The highest BCUT2D eigenvalue weighted by molar-refractivity contribution is 5.87. The van der Waals surface area contributed by atoms with Gasteiger partial charge in [0, 0.05) is 17.7 Å². The Kier molecular flexibility index (Phi) is 7.23. The second-order valence-corrected chi connectivity index (χ2v) is 5.64. The first-order valence-electron chi connectivity index (χ1n) is 8.33. The van der Waals surface area contributed by atoms with Crippen LogP contribution in [0.1, 0.15) is 13.8 Å². The highest BCUT2D eigenvalue weighted by Crippen LogP contribution is 2.29. The van der Waals surface area contributed by atoms with Gasteiger partial charge in [-0.05, 0) is 25.5 Å². The molecule has 0 N–H and O–H groups in total. The largest absolute Gasteiger partial charge is 0.489 e. The van der Waals surface area contributed by atoms with Gasteiger partial charge in [0.25, 0.3) is 0 Å². The van der Waals surface area contributed by atoms with Crippen molar-refractivity contribution in [2.45, 2.75) is 20.0 Å². The molecule has 0 aliphatic rings. The molecule has 1 unspecified atom stereocenters. The van der Waals surface area contributed by atoms with E-state index in [4.69, 9.17) is 14.2 Å². The number of ether oxygens (including phenoxy) is 3. The molecule has 2 rings (SSSR count). The van der Waals surface area contributed by atoms with Crippen LogP contribution in [0.15, 0.2) is 66.7 Å². The quantitative estimate of drug-likeness (QED) is 0.505. The van der Waals surface area contributed by atoms with E-state index in [9.17, 15) is 4.79 Å². The summed E-state index contributed by atoms with van der Waals surface area (Å²) in [6.07, 6.45) is -0.493. The van der Waals surface area contributed by atoms with Gasteiger partial charge in [0.05, 0.1) is 6.61 Å². The predicted octanol–water partition coefficient (Wildman–Crippen LogP) is 4.26. The Hall–Kier alpha value is -2.59. The Morgan fingerprint density at radius 2 is 1.72 bits per heavy atom. The maximum atomic E-state index is 11.8. The first-order valence-corrected chi connectivity index (χ1v) is 8.33. The van der Waals surface area contributed by atoms with Crippen LogP contribution in [0.5, 0.6) is 5.75 Å². The summed E-state index contributed by atoms with van der Waals surface area (Å²) in [5, 5.41) is 0. The van der Waals surface area contributed by atoms with Crippen LogP contribution in [-0.4, -0.2) is 31.9 Å². The SMILES string of the molecule is C=C(C)C(=O)OC(COCC)COc1ccccc1-c1ccccc1. The van der Waals surface area contributed by atoms with Crippen LogP contribution in [-0.2, 0) is 14.3 Å². The minimum Gasteiger partial charge on any atom is -0.489 e. The van der Waals surface area contributed by atoms with E-state index in [1.165, 1.54) is 0 Å². The number of para-hydroxylation sites is 1. The van der Waals surface area contributed by atoms with E-state index < -0.39 is 12.1 Å². The van der Waals surface area contributed by atoms with Crippen molar-refractivity contribution in [2.24, 2.45) is 0 Å². The van der Waals surface area contributed by atoms with Crippen molar-refractivity contribution in [1.82, 2.24) is 0 Å². The molecular weight excluding hydrogens is 316 g/mol. The zero-order valence-electron chi connectivity index (χ0n) is 14.7. The van der Waals surface area contributed by atoms with Gasteiger partial charge < -0.3 is 14.2 Å². The Morgan fingerprint density at radius 3 is 2.40 bits per heavy atom. The van der Waals surface area contributed by atoms with Crippen molar-refractivity contribution in [3.05, 3.63) is 66.7 Å². The molecule has 2 aromatic carbocycles. The highest BCUT2D eigenvalue weighted by Gasteiger charge is 2.17. The number of benzene rings is 2. The Balaban J connectivity index is 2.09. The Bertz CT molecular complexity index is 694. The smallest absolute Gasteiger partial charge is 0.333 e. The van der Waals surface area contributed by atoms with Crippen molar-refractivity contribution < 1.29 is 19.0 Å². The summed E-state index contributed by atoms with van der Waals surface area (Å²) < 4.78 is 16.7. The van der Waals surface area contributed by atoms with Gasteiger partial charge in [0.15, 0.2) is 6.10 Å². The third-order valence-corrected chi connectivity index (χ3v) is 3.53. The summed E-state index contributed by atoms with van der Waals surface area (Å²) in [5.41, 5.74) is 2.41. The second kappa shape index (κ2) is 9.64. The number of esters is 1. The van der Waals surface area contributed by atoms with Crippen LogP contribution in [0.2, 0.25) is 0 Å². The summed E-state index contributed by atoms with van der Waals surface area (Å²) in [5.74, 6) is 0.297. The van der Waals surface area contributed by atoms with Crippen LogP contribution in [0.4, 0.5) is 0 Å². The molecule has 0 heterocycles. The molecule has 0 aliphatic carbocycles. The van der Waals surface area contributed by atoms with Gasteiger partial charge >= 0.3 is 5.97 Å². The lowest BCUT2D eigenvalue weighted by Gasteiger charge is -2.19. The minimum absolute atomic E-state index is 0.211. The average Bonchev–Trinajstić information content (AvgIpc) is 2.64. The Morgan fingerprint density at radius 1 is 1.04 bits per heavy atom. The first-order chi connectivity index (χ1) is 12.1. The summed E-state index contributed by atoms with van der Waals surface area (Å²) in [6.45, 7) is 8.15. The van der Waals surface area contributed by atoms with Gasteiger partial charge in [-0.25, -0.2) is 4.79 Å². The maximum Gasteiger partial charge on any atom is 0.333 e.